The third kappa shape index (κ3) is 6.01. The monoisotopic (exact) mass is 352 g/mol. The summed E-state index contributed by atoms with van der Waals surface area (Å²) in [5, 5.41) is 39.2. The van der Waals surface area contributed by atoms with Crippen molar-refractivity contribution in [1.29, 1.82) is 0 Å². The topological polar surface area (TPSA) is 163 Å². The van der Waals surface area contributed by atoms with E-state index in [1.165, 1.54) is 25.5 Å². The van der Waals surface area contributed by atoms with Crippen LogP contribution >= 0.6 is 0 Å². The van der Waals surface area contributed by atoms with Gasteiger partial charge in [0.05, 0.1) is 13.3 Å². The zero-order chi connectivity index (χ0) is 18.1. The minimum atomic E-state index is -0.621. The van der Waals surface area contributed by atoms with Gasteiger partial charge < -0.3 is 30.6 Å². The Bertz CT molecular complexity index is 712. The normalized spacial score (nSPS) is 9.56. The molecule has 0 fully saturated rings. The van der Waals surface area contributed by atoms with Crippen molar-refractivity contribution in [2.75, 3.05) is 14.2 Å². The fraction of sp³-hybridized carbons (Fsp3) is 0.125. The Morgan fingerprint density at radius 3 is 2.28 bits per heavy atom. The molecule has 2 aromatic rings. The number of aliphatic hydroxyl groups is 1. The Hall–Kier alpha value is -3.30. The summed E-state index contributed by atoms with van der Waals surface area (Å²) in [6, 6.07) is 8.32. The lowest BCUT2D eigenvalue weighted by Gasteiger charge is -2.05. The molecule has 7 N–H and O–H groups in total. The van der Waals surface area contributed by atoms with Gasteiger partial charge in [0.15, 0.2) is 11.5 Å². The number of benzene rings is 2. The molecule has 0 saturated carbocycles. The van der Waals surface area contributed by atoms with E-state index in [1.807, 2.05) is 0 Å². The number of phenolic OH excluding ortho intramolecular Hbond substituents is 3. The van der Waals surface area contributed by atoms with E-state index in [2.05, 4.69) is 10.5 Å². The Morgan fingerprint density at radius 1 is 1.12 bits per heavy atom. The van der Waals surface area contributed by atoms with Crippen molar-refractivity contribution in [3.63, 3.8) is 0 Å². The molecule has 0 heterocycles. The summed E-state index contributed by atoms with van der Waals surface area (Å²) < 4.78 is 4.95. The summed E-state index contributed by atoms with van der Waals surface area (Å²) >= 11 is 0. The van der Waals surface area contributed by atoms with E-state index in [0.29, 0.717) is 5.56 Å². The summed E-state index contributed by atoms with van der Waals surface area (Å²) in [6.45, 7) is 0. The van der Waals surface area contributed by atoms with Crippen molar-refractivity contribution in [1.82, 2.24) is 5.43 Å². The molecule has 0 aliphatic heterocycles. The number of carbonyl (C=O) groups excluding carboxylic acids is 1. The molecular formula is C16H20N2O7. The first-order chi connectivity index (χ1) is 11.5. The maximum atomic E-state index is 11.8. The number of phenols is 3. The van der Waals surface area contributed by atoms with E-state index >= 15 is 0 Å². The van der Waals surface area contributed by atoms with Crippen LogP contribution in [-0.2, 0) is 0 Å². The van der Waals surface area contributed by atoms with Gasteiger partial charge in [-0.15, -0.1) is 0 Å². The van der Waals surface area contributed by atoms with Gasteiger partial charge in [0, 0.05) is 24.3 Å². The van der Waals surface area contributed by atoms with Gasteiger partial charge in [-0.2, -0.15) is 5.10 Å². The summed E-state index contributed by atoms with van der Waals surface area (Å²) in [7, 11) is 2.42. The first kappa shape index (κ1) is 21.7. The summed E-state index contributed by atoms with van der Waals surface area (Å²) in [5.74, 6) is -0.907. The van der Waals surface area contributed by atoms with E-state index in [4.69, 9.17) is 9.84 Å². The van der Waals surface area contributed by atoms with Gasteiger partial charge in [-0.05, 0) is 24.3 Å². The highest BCUT2D eigenvalue weighted by molar-refractivity contribution is 5.96. The van der Waals surface area contributed by atoms with Gasteiger partial charge in [-0.1, -0.05) is 6.07 Å². The van der Waals surface area contributed by atoms with Crippen molar-refractivity contribution in [3.05, 3.63) is 47.5 Å². The van der Waals surface area contributed by atoms with Gasteiger partial charge >= 0.3 is 0 Å². The van der Waals surface area contributed by atoms with E-state index in [1.54, 1.807) is 18.2 Å². The molecule has 0 atom stereocenters. The minimum absolute atomic E-state index is 0. The Morgan fingerprint density at radius 2 is 1.72 bits per heavy atom. The zero-order valence-corrected chi connectivity index (χ0v) is 13.6. The van der Waals surface area contributed by atoms with Crippen LogP contribution in [0.3, 0.4) is 0 Å². The number of aliphatic hydroxyl groups excluding tert-OH is 1. The number of hydrogen-bond acceptors (Lipinski definition) is 7. The number of methoxy groups -OCH3 is 1. The zero-order valence-electron chi connectivity index (χ0n) is 13.6. The maximum absolute atomic E-state index is 11.8. The Labute approximate surface area is 143 Å². The molecule has 25 heavy (non-hydrogen) atoms. The smallest absolute Gasteiger partial charge is 0.271 e. The van der Waals surface area contributed by atoms with Crippen LogP contribution in [0.25, 0.3) is 0 Å². The number of hydrogen-bond donors (Lipinski definition) is 5. The van der Waals surface area contributed by atoms with Crippen molar-refractivity contribution in [3.8, 4) is 23.0 Å². The van der Waals surface area contributed by atoms with Gasteiger partial charge in [0.2, 0.25) is 0 Å². The number of hydrazone groups is 1. The number of carbonyl (C=O) groups is 1. The Kier molecular flexibility index (Phi) is 9.09. The lowest BCUT2D eigenvalue weighted by molar-refractivity contribution is 0.0954. The first-order valence-corrected chi connectivity index (χ1v) is 6.68. The molecule has 0 aliphatic rings. The highest BCUT2D eigenvalue weighted by Gasteiger charge is 2.08. The molecule has 2 aromatic carbocycles. The van der Waals surface area contributed by atoms with Crippen LogP contribution in [0.4, 0.5) is 0 Å². The van der Waals surface area contributed by atoms with E-state index in [9.17, 15) is 20.1 Å². The number of para-hydroxylation sites is 1. The minimum Gasteiger partial charge on any atom is -0.508 e. The van der Waals surface area contributed by atoms with Gasteiger partial charge in [0.25, 0.3) is 5.91 Å². The molecule has 1 amide bonds. The standard InChI is InChI=1S/C15H14N2O5.CH4O.H2O/c1-22-13-4-2-3-9(14(13)20)8-16-17-15(21)10-5-11(18)7-12(19)6-10;1-2;/h2-8,18-20H,1H3,(H,17,21);2H,1H3;1H2/b16-8+;;. The second-order valence-corrected chi connectivity index (χ2v) is 4.34. The SMILES string of the molecule is CO.COc1cccc(/C=N/NC(=O)c2cc(O)cc(O)c2)c1O.O. The van der Waals surface area contributed by atoms with E-state index < -0.39 is 5.91 Å². The third-order valence-electron chi connectivity index (χ3n) is 2.78. The molecular weight excluding hydrogens is 332 g/mol. The summed E-state index contributed by atoms with van der Waals surface area (Å²) in [6.07, 6.45) is 1.25. The number of ether oxygens (including phenoxy) is 1. The summed E-state index contributed by atoms with van der Waals surface area (Å²) in [4.78, 5) is 11.8. The van der Waals surface area contributed by atoms with Crippen LogP contribution in [-0.4, -0.2) is 52.2 Å². The molecule has 136 valence electrons. The molecule has 0 radical (unpaired) electrons. The number of rotatable bonds is 4. The predicted molar refractivity (Wildman–Crippen MR) is 91.2 cm³/mol. The molecule has 9 nitrogen and oxygen atoms in total. The van der Waals surface area contributed by atoms with Crippen LogP contribution in [0, 0.1) is 0 Å². The highest BCUT2D eigenvalue weighted by Crippen LogP contribution is 2.27. The van der Waals surface area contributed by atoms with Crippen molar-refractivity contribution < 1.29 is 35.4 Å². The average Bonchev–Trinajstić information content (AvgIpc) is 2.57. The predicted octanol–water partition coefficient (Wildman–Crippen LogP) is 0.360. The van der Waals surface area contributed by atoms with Crippen molar-refractivity contribution in [2.45, 2.75) is 0 Å². The maximum Gasteiger partial charge on any atom is 0.271 e. The second kappa shape index (κ2) is 10.5. The van der Waals surface area contributed by atoms with Crippen LogP contribution in [0.2, 0.25) is 0 Å². The fourth-order valence-electron chi connectivity index (χ4n) is 1.76. The number of aromatic hydroxyl groups is 3. The molecule has 0 unspecified atom stereocenters. The molecule has 0 spiro atoms. The molecule has 9 heteroatoms. The molecule has 0 aliphatic carbocycles. The average molecular weight is 352 g/mol. The lowest BCUT2D eigenvalue weighted by atomic mass is 10.2. The van der Waals surface area contributed by atoms with Crippen molar-refractivity contribution in [2.24, 2.45) is 5.10 Å². The van der Waals surface area contributed by atoms with E-state index in [-0.39, 0.29) is 34.0 Å². The molecule has 2 rings (SSSR count). The van der Waals surface area contributed by atoms with Gasteiger partial charge in [0.1, 0.15) is 11.5 Å². The highest BCUT2D eigenvalue weighted by atomic mass is 16.5. The quantitative estimate of drug-likeness (QED) is 0.394. The molecule has 0 bridgehead atoms. The molecule has 0 saturated heterocycles. The van der Waals surface area contributed by atoms with Crippen LogP contribution in [0.5, 0.6) is 23.0 Å². The fourth-order valence-corrected chi connectivity index (χ4v) is 1.76. The summed E-state index contributed by atoms with van der Waals surface area (Å²) in [5.41, 5.74) is 2.63. The molecule has 0 aromatic heterocycles. The number of nitrogens with zero attached hydrogens (tertiary/aromatic N) is 1. The van der Waals surface area contributed by atoms with Gasteiger partial charge in [-0.3, -0.25) is 4.79 Å². The largest absolute Gasteiger partial charge is 0.508 e. The van der Waals surface area contributed by atoms with Crippen LogP contribution in [0.15, 0.2) is 41.5 Å². The first-order valence-electron chi connectivity index (χ1n) is 6.68. The van der Waals surface area contributed by atoms with Crippen molar-refractivity contribution >= 4 is 12.1 Å². The van der Waals surface area contributed by atoms with Gasteiger partial charge in [-0.25, -0.2) is 5.43 Å². The number of amides is 1. The van der Waals surface area contributed by atoms with Crippen LogP contribution in [0.1, 0.15) is 15.9 Å². The lowest BCUT2D eigenvalue weighted by Crippen LogP contribution is -2.17. The third-order valence-corrected chi connectivity index (χ3v) is 2.78. The Balaban J connectivity index is 0.00000185. The number of nitrogens with one attached hydrogen (secondary N) is 1. The van der Waals surface area contributed by atoms with E-state index in [0.717, 1.165) is 13.2 Å². The van der Waals surface area contributed by atoms with Crippen LogP contribution < -0.4 is 10.2 Å². The second-order valence-electron chi connectivity index (χ2n) is 4.34.